The second-order valence-electron chi connectivity index (χ2n) is 2.40. The maximum Gasteiger partial charge on any atom is 0.673 e. The molecule has 0 N–H and O–H groups in total. The first-order valence-corrected chi connectivity index (χ1v) is 3.58. The summed E-state index contributed by atoms with van der Waals surface area (Å²) in [4.78, 5) is 0. The van der Waals surface area contributed by atoms with E-state index in [-0.39, 0.29) is 0 Å². The van der Waals surface area contributed by atoms with E-state index in [1.54, 1.807) is 0 Å². The second kappa shape index (κ2) is 5.27. The maximum atomic E-state index is 9.75. The molecule has 0 aliphatic heterocycles. The highest BCUT2D eigenvalue weighted by atomic mass is 19.5. The van der Waals surface area contributed by atoms with Crippen LogP contribution in [0, 0.1) is 11.3 Å². The van der Waals surface area contributed by atoms with E-state index in [0.29, 0.717) is 6.54 Å². The SMILES string of the molecule is C[n+]1ccn(CC#N)c1.F[B-](F)(F)F. The Balaban J connectivity index is 0.000000292. The summed E-state index contributed by atoms with van der Waals surface area (Å²) in [5.41, 5.74) is 0. The summed E-state index contributed by atoms with van der Waals surface area (Å²) in [6.45, 7) is 0.431. The second-order valence-corrected chi connectivity index (χ2v) is 2.40. The van der Waals surface area contributed by atoms with Crippen molar-refractivity contribution in [2.45, 2.75) is 6.54 Å². The van der Waals surface area contributed by atoms with Gasteiger partial charge in [0.15, 0.2) is 6.54 Å². The average Bonchev–Trinajstić information content (AvgIpc) is 2.32. The molecular weight excluding hydrogens is 201 g/mol. The highest BCUT2D eigenvalue weighted by Gasteiger charge is 2.20. The molecule has 1 rings (SSSR count). The van der Waals surface area contributed by atoms with Gasteiger partial charge < -0.3 is 17.3 Å². The zero-order valence-electron chi connectivity index (χ0n) is 7.37. The van der Waals surface area contributed by atoms with Crippen LogP contribution in [0.4, 0.5) is 17.3 Å². The maximum absolute atomic E-state index is 9.75. The Hall–Kier alpha value is -1.52. The van der Waals surface area contributed by atoms with Crippen molar-refractivity contribution < 1.29 is 21.8 Å². The minimum absolute atomic E-state index is 0.431. The van der Waals surface area contributed by atoms with E-state index >= 15 is 0 Å². The smallest absolute Gasteiger partial charge is 0.418 e. The lowest BCUT2D eigenvalue weighted by atomic mass is 10.3. The molecule has 0 saturated heterocycles. The molecule has 1 aromatic rings. The minimum atomic E-state index is -6.00. The van der Waals surface area contributed by atoms with Gasteiger partial charge in [-0.15, -0.1) is 0 Å². The van der Waals surface area contributed by atoms with Gasteiger partial charge in [0.25, 0.3) is 0 Å². The highest BCUT2D eigenvalue weighted by Crippen LogP contribution is 2.06. The molecule has 8 heteroatoms. The summed E-state index contributed by atoms with van der Waals surface area (Å²) in [6, 6.07) is 2.05. The van der Waals surface area contributed by atoms with Crippen LogP contribution < -0.4 is 4.57 Å². The van der Waals surface area contributed by atoms with Gasteiger partial charge in [0.2, 0.25) is 6.33 Å². The fraction of sp³-hybridized carbons (Fsp3) is 0.333. The average molecular weight is 209 g/mol. The van der Waals surface area contributed by atoms with Crippen LogP contribution in [0.2, 0.25) is 0 Å². The van der Waals surface area contributed by atoms with Crippen LogP contribution >= 0.6 is 0 Å². The van der Waals surface area contributed by atoms with Gasteiger partial charge in [-0.05, 0) is 0 Å². The van der Waals surface area contributed by atoms with Crippen molar-refractivity contribution in [3.8, 4) is 6.07 Å². The van der Waals surface area contributed by atoms with E-state index in [0.717, 1.165) is 0 Å². The summed E-state index contributed by atoms with van der Waals surface area (Å²) in [5.74, 6) is 0. The fourth-order valence-electron chi connectivity index (χ4n) is 0.677. The Kier molecular flexibility index (Phi) is 4.70. The van der Waals surface area contributed by atoms with Gasteiger partial charge in [-0.2, -0.15) is 5.26 Å². The Morgan fingerprint density at radius 3 is 2.21 bits per heavy atom. The number of aromatic nitrogens is 2. The Morgan fingerprint density at radius 1 is 1.43 bits per heavy atom. The number of hydrogen-bond acceptors (Lipinski definition) is 1. The molecule has 0 radical (unpaired) electrons. The molecule has 0 aromatic carbocycles. The molecule has 1 heterocycles. The summed E-state index contributed by atoms with van der Waals surface area (Å²) in [5, 5.41) is 8.25. The van der Waals surface area contributed by atoms with Crippen LogP contribution in [0.15, 0.2) is 18.7 Å². The molecule has 14 heavy (non-hydrogen) atoms. The van der Waals surface area contributed by atoms with Crippen molar-refractivity contribution in [2.24, 2.45) is 7.05 Å². The van der Waals surface area contributed by atoms with Gasteiger partial charge in [-0.25, -0.2) is 9.13 Å². The minimum Gasteiger partial charge on any atom is -0.418 e. The molecule has 0 unspecified atom stereocenters. The van der Waals surface area contributed by atoms with Gasteiger partial charge in [-0.3, -0.25) is 0 Å². The number of rotatable bonds is 1. The molecule has 0 saturated carbocycles. The molecule has 0 amide bonds. The van der Waals surface area contributed by atoms with E-state index in [1.807, 2.05) is 41.0 Å². The van der Waals surface area contributed by atoms with Gasteiger partial charge in [0, 0.05) is 0 Å². The molecule has 0 bridgehead atoms. The number of imidazole rings is 1. The summed E-state index contributed by atoms with van der Waals surface area (Å²) in [6.07, 6.45) is 5.63. The van der Waals surface area contributed by atoms with Gasteiger partial charge >= 0.3 is 7.25 Å². The monoisotopic (exact) mass is 209 g/mol. The Morgan fingerprint density at radius 2 is 1.93 bits per heavy atom. The number of hydrogen-bond donors (Lipinski definition) is 0. The highest BCUT2D eigenvalue weighted by molar-refractivity contribution is 6.50. The topological polar surface area (TPSA) is 32.6 Å². The molecule has 3 nitrogen and oxygen atoms in total. The van der Waals surface area contributed by atoms with Crippen molar-refractivity contribution in [3.05, 3.63) is 18.7 Å². The number of aryl methyl sites for hydroxylation is 1. The van der Waals surface area contributed by atoms with Crippen LogP contribution in [-0.4, -0.2) is 11.8 Å². The van der Waals surface area contributed by atoms with Gasteiger partial charge in [0.05, 0.1) is 7.05 Å². The van der Waals surface area contributed by atoms with Crippen LogP contribution in [-0.2, 0) is 13.6 Å². The van der Waals surface area contributed by atoms with Crippen LogP contribution in [0.5, 0.6) is 0 Å². The summed E-state index contributed by atoms with van der Waals surface area (Å²) < 4.78 is 42.7. The lowest BCUT2D eigenvalue weighted by Crippen LogP contribution is -2.23. The van der Waals surface area contributed by atoms with E-state index in [2.05, 4.69) is 0 Å². The quantitative estimate of drug-likeness (QED) is 0.387. The zero-order chi connectivity index (χ0) is 11.2. The lowest BCUT2D eigenvalue weighted by molar-refractivity contribution is -0.671. The number of halogens is 4. The number of nitriles is 1. The van der Waals surface area contributed by atoms with Crippen molar-refractivity contribution in [2.75, 3.05) is 0 Å². The fourth-order valence-corrected chi connectivity index (χ4v) is 0.677. The van der Waals surface area contributed by atoms with Gasteiger partial charge in [0.1, 0.15) is 18.5 Å². The Bertz CT molecular complexity index is 308. The van der Waals surface area contributed by atoms with Crippen molar-refractivity contribution in [3.63, 3.8) is 0 Å². The molecule has 0 aliphatic carbocycles. The predicted octanol–water partition coefficient (Wildman–Crippen LogP) is 1.14. The van der Waals surface area contributed by atoms with Crippen LogP contribution in [0.25, 0.3) is 0 Å². The third-order valence-electron chi connectivity index (χ3n) is 1.08. The third kappa shape index (κ3) is 8.58. The third-order valence-corrected chi connectivity index (χ3v) is 1.08. The molecule has 0 spiro atoms. The molecular formula is C6H8BF4N3. The molecule has 78 valence electrons. The first-order valence-electron chi connectivity index (χ1n) is 3.58. The molecule has 0 fully saturated rings. The first kappa shape index (κ1) is 12.5. The van der Waals surface area contributed by atoms with E-state index < -0.39 is 7.25 Å². The number of nitrogens with zero attached hydrogens (tertiary/aromatic N) is 3. The van der Waals surface area contributed by atoms with Crippen LogP contribution in [0.3, 0.4) is 0 Å². The van der Waals surface area contributed by atoms with E-state index in [1.165, 1.54) is 0 Å². The summed E-state index contributed by atoms with van der Waals surface area (Å²) in [7, 11) is -4.08. The summed E-state index contributed by atoms with van der Waals surface area (Å²) >= 11 is 0. The van der Waals surface area contributed by atoms with Gasteiger partial charge in [-0.1, -0.05) is 0 Å². The van der Waals surface area contributed by atoms with Crippen molar-refractivity contribution in [1.82, 2.24) is 4.57 Å². The standard InChI is InChI=1S/C6H8N3.BF4/c1-8-4-5-9(6-8)3-2-7;2-1(3,4)5/h4-6H,3H2,1H3;/q+1;-1. The molecule has 0 atom stereocenters. The lowest BCUT2D eigenvalue weighted by Gasteiger charge is -1.94. The molecule has 1 aromatic heterocycles. The van der Waals surface area contributed by atoms with E-state index in [4.69, 9.17) is 5.26 Å². The Labute approximate surface area is 78.3 Å². The van der Waals surface area contributed by atoms with Crippen LogP contribution in [0.1, 0.15) is 0 Å². The van der Waals surface area contributed by atoms with Crippen molar-refractivity contribution in [1.29, 1.82) is 5.26 Å². The first-order chi connectivity index (χ1) is 6.33. The predicted molar refractivity (Wildman–Crippen MR) is 41.4 cm³/mol. The molecule has 0 aliphatic rings. The largest absolute Gasteiger partial charge is 0.673 e. The van der Waals surface area contributed by atoms with Crippen molar-refractivity contribution >= 4 is 7.25 Å². The normalized spacial score (nSPS) is 10.0. The van der Waals surface area contributed by atoms with E-state index in [9.17, 15) is 17.3 Å². The zero-order valence-corrected chi connectivity index (χ0v) is 7.37.